The molecule has 3 N–H and O–H groups in total. The maximum absolute atomic E-state index is 13.0. The maximum Gasteiger partial charge on any atom is 0.292 e. The molecule has 1 aromatic rings. The third-order valence-corrected chi connectivity index (χ3v) is 6.32. The first kappa shape index (κ1) is 25.3. The van der Waals surface area contributed by atoms with Gasteiger partial charge in [-0.15, -0.1) is 0 Å². The first-order valence-corrected chi connectivity index (χ1v) is 11.9. The number of fused-ring (bicyclic) bond motifs is 1. The van der Waals surface area contributed by atoms with E-state index in [1.807, 2.05) is 0 Å². The van der Waals surface area contributed by atoms with Gasteiger partial charge < -0.3 is 14.8 Å². The molecular formula is C20H23N3O10S. The standard InChI is InChI=1S/C20H23N3O10S/c1-2-16(34(29,30)31)32-9-8-21-15(25)10-33-13-5-3-4-11-17(13)20(28)23(19(11)27)12-6-7-14(24)22-18(12)26/h3-5,12,16H,2,6-10H2,1H3,(H,21,25)(H,22,24,26)(H,29,30,31). The van der Waals surface area contributed by atoms with E-state index < -0.39 is 57.7 Å². The van der Waals surface area contributed by atoms with E-state index >= 15 is 0 Å². The molecule has 184 valence electrons. The Hall–Kier alpha value is -3.36. The molecule has 0 spiro atoms. The molecule has 0 radical (unpaired) electrons. The van der Waals surface area contributed by atoms with Crippen molar-refractivity contribution in [3.05, 3.63) is 29.3 Å². The van der Waals surface area contributed by atoms with E-state index in [9.17, 15) is 32.4 Å². The van der Waals surface area contributed by atoms with Crippen LogP contribution in [0.2, 0.25) is 0 Å². The largest absolute Gasteiger partial charge is 0.483 e. The molecule has 13 nitrogen and oxygen atoms in total. The zero-order valence-corrected chi connectivity index (χ0v) is 18.9. The van der Waals surface area contributed by atoms with Gasteiger partial charge in [-0.1, -0.05) is 13.0 Å². The minimum atomic E-state index is -4.36. The highest BCUT2D eigenvalue weighted by molar-refractivity contribution is 7.86. The van der Waals surface area contributed by atoms with Crippen molar-refractivity contribution in [3.63, 3.8) is 0 Å². The van der Waals surface area contributed by atoms with Crippen molar-refractivity contribution in [3.8, 4) is 5.75 Å². The number of imide groups is 2. The minimum absolute atomic E-state index is 0.00722. The monoisotopic (exact) mass is 497 g/mol. The predicted molar refractivity (Wildman–Crippen MR) is 113 cm³/mol. The Bertz CT molecular complexity index is 1130. The minimum Gasteiger partial charge on any atom is -0.483 e. The molecule has 3 rings (SSSR count). The summed E-state index contributed by atoms with van der Waals surface area (Å²) < 4.78 is 41.6. The molecule has 34 heavy (non-hydrogen) atoms. The number of piperidine rings is 1. The van der Waals surface area contributed by atoms with Crippen molar-refractivity contribution in [2.75, 3.05) is 19.8 Å². The number of hydrogen-bond acceptors (Lipinski definition) is 9. The highest BCUT2D eigenvalue weighted by atomic mass is 32.2. The molecule has 0 aromatic heterocycles. The molecule has 1 fully saturated rings. The number of hydrogen-bond donors (Lipinski definition) is 3. The van der Waals surface area contributed by atoms with E-state index in [0.717, 1.165) is 4.90 Å². The van der Waals surface area contributed by atoms with Gasteiger partial charge in [0.1, 0.15) is 11.8 Å². The van der Waals surface area contributed by atoms with Crippen molar-refractivity contribution < 1.29 is 46.4 Å². The number of ether oxygens (including phenoxy) is 2. The van der Waals surface area contributed by atoms with Gasteiger partial charge in [-0.05, 0) is 25.0 Å². The highest BCUT2D eigenvalue weighted by Gasteiger charge is 2.46. The summed E-state index contributed by atoms with van der Waals surface area (Å²) in [4.78, 5) is 62.1. The Kier molecular flexibility index (Phi) is 7.64. The fraction of sp³-hybridized carbons (Fsp3) is 0.450. The molecule has 0 aliphatic carbocycles. The van der Waals surface area contributed by atoms with Gasteiger partial charge in [0.05, 0.1) is 17.7 Å². The molecule has 0 bridgehead atoms. The zero-order valence-electron chi connectivity index (χ0n) is 18.1. The Morgan fingerprint density at radius 2 is 2.00 bits per heavy atom. The molecule has 14 heteroatoms. The van der Waals surface area contributed by atoms with Crippen LogP contribution in [0.4, 0.5) is 0 Å². The van der Waals surface area contributed by atoms with Gasteiger partial charge in [-0.25, -0.2) is 0 Å². The van der Waals surface area contributed by atoms with Crippen LogP contribution < -0.4 is 15.4 Å². The SMILES string of the molecule is CCC(OCCNC(=O)COc1cccc2c1C(=O)N(C1CCC(=O)NC1=O)C2=O)S(=O)(=O)O. The molecule has 2 atom stereocenters. The van der Waals surface area contributed by atoms with Gasteiger partial charge in [0.25, 0.3) is 27.8 Å². The lowest BCUT2D eigenvalue weighted by atomic mass is 10.0. The van der Waals surface area contributed by atoms with E-state index in [1.165, 1.54) is 25.1 Å². The summed E-state index contributed by atoms with van der Waals surface area (Å²) in [5, 5.41) is 4.54. The average Bonchev–Trinajstić information content (AvgIpc) is 3.02. The number of amides is 5. The van der Waals surface area contributed by atoms with E-state index in [1.54, 1.807) is 0 Å². The maximum atomic E-state index is 13.0. The van der Waals surface area contributed by atoms with Gasteiger partial charge in [0, 0.05) is 13.0 Å². The smallest absolute Gasteiger partial charge is 0.292 e. The third kappa shape index (κ3) is 5.40. The molecular weight excluding hydrogens is 474 g/mol. The van der Waals surface area contributed by atoms with Crippen LogP contribution in [-0.2, 0) is 29.2 Å². The van der Waals surface area contributed by atoms with Crippen molar-refractivity contribution in [2.24, 2.45) is 0 Å². The summed E-state index contributed by atoms with van der Waals surface area (Å²) in [6.45, 7) is 0.739. The number of carbonyl (C=O) groups is 5. The normalized spacial score (nSPS) is 19.0. The van der Waals surface area contributed by atoms with Crippen LogP contribution in [0, 0.1) is 0 Å². The van der Waals surface area contributed by atoms with Crippen molar-refractivity contribution in [1.82, 2.24) is 15.5 Å². The second kappa shape index (κ2) is 10.3. The van der Waals surface area contributed by atoms with Gasteiger partial charge in [0.2, 0.25) is 11.8 Å². The molecule has 0 saturated carbocycles. The fourth-order valence-electron chi connectivity index (χ4n) is 3.59. The summed E-state index contributed by atoms with van der Waals surface area (Å²) >= 11 is 0. The van der Waals surface area contributed by atoms with Gasteiger partial charge in [0.15, 0.2) is 12.0 Å². The lowest BCUT2D eigenvalue weighted by molar-refractivity contribution is -0.136. The summed E-state index contributed by atoms with van der Waals surface area (Å²) in [5.41, 5.74) is -1.48. The van der Waals surface area contributed by atoms with Gasteiger partial charge in [-0.2, -0.15) is 8.42 Å². The van der Waals surface area contributed by atoms with E-state index in [4.69, 9.17) is 14.0 Å². The average molecular weight is 497 g/mol. The second-order valence-corrected chi connectivity index (χ2v) is 9.04. The summed E-state index contributed by atoms with van der Waals surface area (Å²) in [7, 11) is -4.36. The van der Waals surface area contributed by atoms with Crippen LogP contribution in [0.5, 0.6) is 5.75 Å². The van der Waals surface area contributed by atoms with Crippen LogP contribution in [0.3, 0.4) is 0 Å². The van der Waals surface area contributed by atoms with E-state index in [-0.39, 0.29) is 49.3 Å². The number of nitrogens with one attached hydrogen (secondary N) is 2. The van der Waals surface area contributed by atoms with Crippen LogP contribution in [-0.4, -0.2) is 78.6 Å². The lowest BCUT2D eigenvalue weighted by Crippen LogP contribution is -2.54. The molecule has 1 aromatic carbocycles. The molecule has 2 heterocycles. The van der Waals surface area contributed by atoms with Crippen LogP contribution in [0.25, 0.3) is 0 Å². The Labute approximate surface area is 194 Å². The van der Waals surface area contributed by atoms with Crippen LogP contribution >= 0.6 is 0 Å². The van der Waals surface area contributed by atoms with Crippen molar-refractivity contribution >= 4 is 39.7 Å². The van der Waals surface area contributed by atoms with E-state index in [2.05, 4.69) is 10.6 Å². The Morgan fingerprint density at radius 1 is 1.26 bits per heavy atom. The topological polar surface area (TPSA) is 185 Å². The van der Waals surface area contributed by atoms with Gasteiger partial charge in [-0.3, -0.25) is 38.7 Å². The summed E-state index contributed by atoms with van der Waals surface area (Å²) in [5.74, 6) is -3.34. The van der Waals surface area contributed by atoms with Gasteiger partial charge >= 0.3 is 0 Å². The summed E-state index contributed by atoms with van der Waals surface area (Å²) in [6.07, 6.45) is 0.0190. The molecule has 2 aliphatic rings. The number of benzene rings is 1. The third-order valence-electron chi connectivity index (χ3n) is 5.18. The lowest BCUT2D eigenvalue weighted by Gasteiger charge is -2.27. The van der Waals surface area contributed by atoms with Crippen molar-refractivity contribution in [1.29, 1.82) is 0 Å². The molecule has 5 amide bonds. The van der Waals surface area contributed by atoms with Crippen LogP contribution in [0.15, 0.2) is 18.2 Å². The van der Waals surface area contributed by atoms with Crippen molar-refractivity contribution in [2.45, 2.75) is 37.7 Å². The van der Waals surface area contributed by atoms with Crippen LogP contribution in [0.1, 0.15) is 46.9 Å². The Morgan fingerprint density at radius 3 is 2.65 bits per heavy atom. The second-order valence-electron chi connectivity index (χ2n) is 7.49. The molecule has 2 aliphatic heterocycles. The molecule has 1 saturated heterocycles. The quantitative estimate of drug-likeness (QED) is 0.210. The number of carbonyl (C=O) groups excluding carboxylic acids is 5. The molecule has 2 unspecified atom stereocenters. The fourth-order valence-corrected chi connectivity index (χ4v) is 4.28. The first-order valence-electron chi connectivity index (χ1n) is 10.4. The number of rotatable bonds is 10. The predicted octanol–water partition coefficient (Wildman–Crippen LogP) is -0.777. The zero-order chi connectivity index (χ0) is 25.0. The number of nitrogens with zero attached hydrogens (tertiary/aromatic N) is 1. The van der Waals surface area contributed by atoms with E-state index in [0.29, 0.717) is 0 Å². The first-order chi connectivity index (χ1) is 16.0. The Balaban J connectivity index is 1.59. The highest BCUT2D eigenvalue weighted by Crippen LogP contribution is 2.33. The summed E-state index contributed by atoms with van der Waals surface area (Å²) in [6, 6.07) is 3.12.